The molecule has 0 radical (unpaired) electrons. The molecule has 2 aromatic carbocycles. The van der Waals surface area contributed by atoms with Crippen LogP contribution in [0.2, 0.25) is 0 Å². The van der Waals surface area contributed by atoms with Gasteiger partial charge in [0.05, 0.1) is 0 Å². The fraction of sp³-hybridized carbons (Fsp3) is 0.531. The van der Waals surface area contributed by atoms with Gasteiger partial charge in [-0.2, -0.15) is 0 Å². The summed E-state index contributed by atoms with van der Waals surface area (Å²) in [7, 11) is 0. The van der Waals surface area contributed by atoms with Gasteiger partial charge in [0.2, 0.25) is 5.43 Å². The van der Waals surface area contributed by atoms with Gasteiger partial charge in [-0.25, -0.2) is 0 Å². The monoisotopic (exact) mass is 504 g/mol. The minimum Gasteiger partial charge on any atom is -0.508 e. The van der Waals surface area contributed by atoms with Crippen LogP contribution in [0.1, 0.15) is 75.6 Å². The van der Waals surface area contributed by atoms with Crippen LogP contribution >= 0.6 is 0 Å². The van der Waals surface area contributed by atoms with E-state index in [9.17, 15) is 15.0 Å². The first-order valence-corrected chi connectivity index (χ1v) is 13.5. The van der Waals surface area contributed by atoms with Crippen molar-refractivity contribution in [3.8, 4) is 23.0 Å². The highest BCUT2D eigenvalue weighted by molar-refractivity contribution is 5.48. The van der Waals surface area contributed by atoms with Crippen molar-refractivity contribution in [3.63, 3.8) is 0 Å². The number of allylic oxidation sites excluding steroid dienone is 1. The summed E-state index contributed by atoms with van der Waals surface area (Å²) in [4.78, 5) is 12.4. The molecule has 198 valence electrons. The number of benzene rings is 1. The third kappa shape index (κ3) is 4.73. The van der Waals surface area contributed by atoms with E-state index in [1.807, 2.05) is 13.0 Å². The van der Waals surface area contributed by atoms with Crippen LogP contribution in [-0.4, -0.2) is 21.4 Å². The topological polar surface area (TPSA) is 76.0 Å². The van der Waals surface area contributed by atoms with Gasteiger partial charge in [-0.1, -0.05) is 26.0 Å². The normalized spacial score (nSPS) is 30.3. The number of aryl methyl sites for hydroxylation is 2. The number of phenolic OH excluding ortho intramolecular Hbond substituents is 1. The molecule has 4 atom stereocenters. The van der Waals surface area contributed by atoms with Gasteiger partial charge in [0.25, 0.3) is 0 Å². The Labute approximate surface area is 220 Å². The molecule has 3 aliphatic rings. The molecule has 5 rings (SSSR count). The Morgan fingerprint density at radius 3 is 2.19 bits per heavy atom. The van der Waals surface area contributed by atoms with E-state index in [0.29, 0.717) is 11.7 Å². The third-order valence-corrected chi connectivity index (χ3v) is 9.23. The molecule has 0 amide bonds. The Hall–Kier alpha value is -2.95. The minimum absolute atomic E-state index is 0.0304. The van der Waals surface area contributed by atoms with Crippen LogP contribution in [0.5, 0.6) is 23.0 Å². The molecular weight excluding hydrogens is 464 g/mol. The summed E-state index contributed by atoms with van der Waals surface area (Å²) in [5, 5.41) is 20.4. The largest absolute Gasteiger partial charge is 0.508 e. The van der Waals surface area contributed by atoms with E-state index < -0.39 is 11.0 Å². The zero-order chi connectivity index (χ0) is 26.8. The Bertz CT molecular complexity index is 1330. The van der Waals surface area contributed by atoms with Gasteiger partial charge < -0.3 is 19.7 Å². The van der Waals surface area contributed by atoms with Gasteiger partial charge in [0, 0.05) is 30.4 Å². The SMILES string of the molecule is Cc1cc(O)c(=O)cc2c1CC1CCC3(C)Oc4cc(O)cc(C)c4CC3CC(C)(C)C=CCC1(C)O2. The number of hydrogen-bond acceptors (Lipinski definition) is 5. The average molecular weight is 505 g/mol. The maximum atomic E-state index is 12.4. The molecule has 0 spiro atoms. The van der Waals surface area contributed by atoms with Gasteiger partial charge in [-0.05, 0) is 99.6 Å². The highest BCUT2D eigenvalue weighted by Crippen LogP contribution is 2.50. The van der Waals surface area contributed by atoms with E-state index in [1.165, 1.54) is 11.6 Å². The zero-order valence-electron chi connectivity index (χ0n) is 23.0. The van der Waals surface area contributed by atoms with Gasteiger partial charge in [-0.3, -0.25) is 4.79 Å². The molecule has 37 heavy (non-hydrogen) atoms. The van der Waals surface area contributed by atoms with Gasteiger partial charge in [0.15, 0.2) is 5.75 Å². The molecule has 0 bridgehead atoms. The van der Waals surface area contributed by atoms with Crippen molar-refractivity contribution in [1.29, 1.82) is 0 Å². The maximum absolute atomic E-state index is 12.4. The van der Waals surface area contributed by atoms with Gasteiger partial charge in [0.1, 0.15) is 28.5 Å². The fourth-order valence-corrected chi connectivity index (χ4v) is 6.84. The Kier molecular flexibility index (Phi) is 6.12. The molecule has 5 nitrogen and oxygen atoms in total. The van der Waals surface area contributed by atoms with Crippen LogP contribution in [0.4, 0.5) is 0 Å². The number of hydrogen-bond donors (Lipinski definition) is 2. The number of fused-ring (bicyclic) bond motifs is 4. The predicted octanol–water partition coefficient (Wildman–Crippen LogP) is 6.55. The summed E-state index contributed by atoms with van der Waals surface area (Å²) in [6, 6.07) is 6.61. The second-order valence-electron chi connectivity index (χ2n) is 12.8. The number of rotatable bonds is 0. The summed E-state index contributed by atoms with van der Waals surface area (Å²) >= 11 is 0. The van der Waals surface area contributed by atoms with Crippen LogP contribution in [0.25, 0.3) is 0 Å². The summed E-state index contributed by atoms with van der Waals surface area (Å²) in [5.74, 6) is 1.91. The van der Waals surface area contributed by atoms with Crippen LogP contribution in [0, 0.1) is 31.1 Å². The van der Waals surface area contributed by atoms with E-state index in [0.717, 1.165) is 61.0 Å². The van der Waals surface area contributed by atoms with Crippen molar-refractivity contribution in [1.82, 2.24) is 0 Å². The van der Waals surface area contributed by atoms with Gasteiger partial charge >= 0.3 is 0 Å². The summed E-state index contributed by atoms with van der Waals surface area (Å²) in [6.07, 6.45) is 9.78. The van der Waals surface area contributed by atoms with Crippen molar-refractivity contribution < 1.29 is 19.7 Å². The van der Waals surface area contributed by atoms with E-state index in [2.05, 4.69) is 46.8 Å². The molecule has 2 aromatic rings. The predicted molar refractivity (Wildman–Crippen MR) is 146 cm³/mol. The van der Waals surface area contributed by atoms with E-state index in [1.54, 1.807) is 12.1 Å². The number of aromatic hydroxyl groups is 2. The van der Waals surface area contributed by atoms with E-state index >= 15 is 0 Å². The molecule has 1 aliphatic carbocycles. The van der Waals surface area contributed by atoms with Crippen molar-refractivity contribution in [2.24, 2.45) is 17.3 Å². The smallest absolute Gasteiger partial charge is 0.223 e. The Morgan fingerprint density at radius 2 is 1.46 bits per heavy atom. The number of ether oxygens (including phenoxy) is 2. The molecule has 5 heteroatoms. The first-order valence-electron chi connectivity index (χ1n) is 13.5. The lowest BCUT2D eigenvalue weighted by Crippen LogP contribution is -2.49. The Balaban J connectivity index is 1.57. The molecular formula is C32H40O5. The standard InChI is InChI=1S/C32H40O5/c1-19-12-23(33)16-28-25(19)15-22-18-30(3,4)9-7-10-31(5)21(8-11-32(22,6)36-28)14-24-20(2)13-26(34)27(35)17-29(24)37-31/h7,9,12-13,16-17,21-22,33H,8,10-11,14-15,18H2,1-6H3,(H,34,35). The van der Waals surface area contributed by atoms with Crippen molar-refractivity contribution >= 4 is 0 Å². The molecule has 0 fully saturated rings. The first kappa shape index (κ1) is 25.7. The molecule has 2 N–H and O–H groups in total. The average Bonchev–Trinajstić information content (AvgIpc) is 2.88. The first-order chi connectivity index (χ1) is 17.3. The van der Waals surface area contributed by atoms with Crippen LogP contribution < -0.4 is 14.9 Å². The fourth-order valence-electron chi connectivity index (χ4n) is 6.84. The second-order valence-corrected chi connectivity index (χ2v) is 12.8. The van der Waals surface area contributed by atoms with E-state index in [-0.39, 0.29) is 28.4 Å². The van der Waals surface area contributed by atoms with Crippen LogP contribution in [-0.2, 0) is 12.8 Å². The molecule has 2 heterocycles. The van der Waals surface area contributed by atoms with Crippen molar-refractivity contribution in [3.05, 3.63) is 68.9 Å². The van der Waals surface area contributed by atoms with Crippen LogP contribution in [0.15, 0.2) is 41.2 Å². The molecule has 0 aromatic heterocycles. The van der Waals surface area contributed by atoms with E-state index in [4.69, 9.17) is 9.47 Å². The summed E-state index contributed by atoms with van der Waals surface area (Å²) < 4.78 is 13.5. The minimum atomic E-state index is -0.486. The highest BCUT2D eigenvalue weighted by Gasteiger charge is 2.47. The summed E-state index contributed by atoms with van der Waals surface area (Å²) in [6.45, 7) is 12.9. The lowest BCUT2D eigenvalue weighted by molar-refractivity contribution is -0.0359. The lowest BCUT2D eigenvalue weighted by Gasteiger charge is -2.47. The van der Waals surface area contributed by atoms with Crippen molar-refractivity contribution in [2.75, 3.05) is 0 Å². The van der Waals surface area contributed by atoms with Crippen LogP contribution in [0.3, 0.4) is 0 Å². The molecule has 2 aliphatic heterocycles. The lowest BCUT2D eigenvalue weighted by atomic mass is 9.68. The summed E-state index contributed by atoms with van der Waals surface area (Å²) in [5.41, 5.74) is 2.83. The quantitative estimate of drug-likeness (QED) is 0.398. The Morgan fingerprint density at radius 1 is 0.838 bits per heavy atom. The zero-order valence-corrected chi connectivity index (χ0v) is 23.0. The highest BCUT2D eigenvalue weighted by atomic mass is 16.5. The second kappa shape index (κ2) is 8.82. The maximum Gasteiger partial charge on any atom is 0.223 e. The molecule has 4 unspecified atom stereocenters. The molecule has 0 saturated carbocycles. The number of phenols is 1. The van der Waals surface area contributed by atoms with Gasteiger partial charge in [-0.15, -0.1) is 0 Å². The molecule has 0 saturated heterocycles. The third-order valence-electron chi connectivity index (χ3n) is 9.23. The van der Waals surface area contributed by atoms with Crippen molar-refractivity contribution in [2.45, 2.75) is 91.3 Å².